The molecule has 0 saturated carbocycles. The van der Waals surface area contributed by atoms with Crippen molar-refractivity contribution in [2.24, 2.45) is 0 Å². The first-order valence-corrected chi connectivity index (χ1v) is 6.25. The lowest BCUT2D eigenvalue weighted by Crippen LogP contribution is -1.72. The lowest BCUT2D eigenvalue weighted by molar-refractivity contribution is 0.898. The average Bonchev–Trinajstić information content (AvgIpc) is 1.86. The normalized spacial score (nSPS) is 7.89. The van der Waals surface area contributed by atoms with Gasteiger partial charge in [0.15, 0.2) is 7.12 Å². The van der Waals surface area contributed by atoms with Crippen molar-refractivity contribution in [1.29, 1.82) is 0 Å². The van der Waals surface area contributed by atoms with Crippen LogP contribution in [0.1, 0.15) is 19.8 Å². The summed E-state index contributed by atoms with van der Waals surface area (Å²) in [5.41, 5.74) is 0. The predicted molar refractivity (Wildman–Crippen MR) is 55.3 cm³/mol. The van der Waals surface area contributed by atoms with Crippen molar-refractivity contribution in [3.8, 4) is 0 Å². The summed E-state index contributed by atoms with van der Waals surface area (Å²) >= 11 is 3.68. The Kier molecular flexibility index (Phi) is 22.0. The highest BCUT2D eigenvalue weighted by Crippen LogP contribution is 1.95. The van der Waals surface area contributed by atoms with Gasteiger partial charge in [-0.15, -0.1) is 0 Å². The number of unbranched alkanes of at least 4 members (excludes halogenated alkanes) is 1. The molecule has 0 saturated heterocycles. The van der Waals surface area contributed by atoms with Crippen LogP contribution in [0.25, 0.3) is 0 Å². The monoisotopic (exact) mass is 164 g/mol. The minimum atomic E-state index is 1.33. The van der Waals surface area contributed by atoms with E-state index in [1.54, 1.807) is 11.8 Å². The van der Waals surface area contributed by atoms with Crippen molar-refractivity contribution in [3.05, 3.63) is 0 Å². The minimum Gasteiger partial charge on any atom is -0.220 e. The summed E-state index contributed by atoms with van der Waals surface area (Å²) in [6.07, 6.45) is 6.79. The first-order chi connectivity index (χ1) is 4.33. The quantitative estimate of drug-likeness (QED) is 0.462. The molecule has 0 spiro atoms. The van der Waals surface area contributed by atoms with Crippen molar-refractivity contribution in [2.75, 3.05) is 18.3 Å². The van der Waals surface area contributed by atoms with Crippen LogP contribution in [0.15, 0.2) is 0 Å². The molecular weight excluding hydrogens is 147 g/mol. The molecule has 0 aromatic rings. The molecule has 0 aliphatic carbocycles. The van der Waals surface area contributed by atoms with Gasteiger partial charge in [-0.1, -0.05) is 13.3 Å². The average molecular weight is 164 g/mol. The van der Waals surface area contributed by atoms with E-state index in [2.05, 4.69) is 14.0 Å². The van der Waals surface area contributed by atoms with Gasteiger partial charge in [-0.05, 0) is 24.7 Å². The van der Waals surface area contributed by atoms with E-state index in [0.29, 0.717) is 0 Å². The SMILES string of the molecule is BSCCCC.CSC. The highest BCUT2D eigenvalue weighted by Gasteiger charge is 1.75. The maximum Gasteiger partial charge on any atom is 0.173 e. The van der Waals surface area contributed by atoms with Gasteiger partial charge < -0.3 is 0 Å². The van der Waals surface area contributed by atoms with E-state index in [1.165, 1.54) is 18.6 Å². The van der Waals surface area contributed by atoms with Gasteiger partial charge in [-0.2, -0.15) is 11.8 Å². The first kappa shape index (κ1) is 12.4. The minimum absolute atomic E-state index is 1.33. The van der Waals surface area contributed by atoms with Crippen LogP contribution in [0.5, 0.6) is 0 Å². The zero-order valence-corrected chi connectivity index (χ0v) is 8.57. The second-order valence-electron chi connectivity index (χ2n) is 1.75. The van der Waals surface area contributed by atoms with E-state index < -0.39 is 0 Å². The standard InChI is InChI=1S/C4H11BS.C2H6S/c1-2-3-4-6-5;1-3-2/h2-5H2,1H3;1-2H3. The Labute approximate surface area is 68.9 Å². The van der Waals surface area contributed by atoms with Crippen LogP contribution < -0.4 is 0 Å². The molecule has 0 amide bonds. The molecule has 0 aliphatic heterocycles. The fraction of sp³-hybridized carbons (Fsp3) is 1.00. The van der Waals surface area contributed by atoms with Gasteiger partial charge in [-0.25, -0.2) is 11.6 Å². The van der Waals surface area contributed by atoms with E-state index in [0.717, 1.165) is 0 Å². The summed E-state index contributed by atoms with van der Waals surface area (Å²) in [7, 11) is 2.15. The Morgan fingerprint density at radius 1 is 1.33 bits per heavy atom. The smallest absolute Gasteiger partial charge is 0.173 e. The Hall–Kier alpha value is 0.765. The van der Waals surface area contributed by atoms with Crippen LogP contribution in [0, 0.1) is 0 Å². The van der Waals surface area contributed by atoms with E-state index in [4.69, 9.17) is 0 Å². The third-order valence-electron chi connectivity index (χ3n) is 0.702. The molecule has 0 unspecified atom stereocenters. The Morgan fingerprint density at radius 3 is 1.89 bits per heavy atom. The molecule has 0 radical (unpaired) electrons. The van der Waals surface area contributed by atoms with Crippen molar-refractivity contribution < 1.29 is 0 Å². The van der Waals surface area contributed by atoms with Gasteiger partial charge >= 0.3 is 0 Å². The molecule has 0 nitrogen and oxygen atoms in total. The van der Waals surface area contributed by atoms with Crippen LogP contribution in [0.4, 0.5) is 0 Å². The molecule has 0 atom stereocenters. The van der Waals surface area contributed by atoms with Gasteiger partial charge in [0.05, 0.1) is 0 Å². The molecule has 0 N–H and O–H groups in total. The van der Waals surface area contributed by atoms with Gasteiger partial charge in [0.2, 0.25) is 0 Å². The molecule has 9 heavy (non-hydrogen) atoms. The zero-order valence-electron chi connectivity index (χ0n) is 6.94. The number of thioether (sulfide) groups is 1. The molecule has 0 heterocycles. The molecular formula is C6H17BS2. The van der Waals surface area contributed by atoms with E-state index in [-0.39, 0.29) is 0 Å². The molecule has 0 rings (SSSR count). The largest absolute Gasteiger partial charge is 0.220 e. The maximum absolute atomic E-state index is 2.22. The predicted octanol–water partition coefficient (Wildman–Crippen LogP) is 2.05. The lowest BCUT2D eigenvalue weighted by Gasteiger charge is -1.86. The van der Waals surface area contributed by atoms with E-state index in [9.17, 15) is 0 Å². The molecule has 0 aromatic carbocycles. The molecule has 0 fully saturated rings. The summed E-state index contributed by atoms with van der Waals surface area (Å²) in [4.78, 5) is 0. The van der Waals surface area contributed by atoms with Crippen LogP contribution in [0.2, 0.25) is 0 Å². The molecule has 0 aliphatic rings. The van der Waals surface area contributed by atoms with Crippen LogP contribution >= 0.6 is 23.4 Å². The Balaban J connectivity index is 0. The second kappa shape index (κ2) is 15.9. The fourth-order valence-corrected chi connectivity index (χ4v) is 0.866. The molecule has 56 valence electrons. The zero-order chi connectivity index (χ0) is 7.54. The van der Waals surface area contributed by atoms with Gasteiger partial charge in [0.25, 0.3) is 0 Å². The van der Waals surface area contributed by atoms with Gasteiger partial charge in [-0.3, -0.25) is 0 Å². The van der Waals surface area contributed by atoms with Crippen molar-refractivity contribution in [2.45, 2.75) is 19.8 Å². The third kappa shape index (κ3) is 28.3. The number of hydrogen-bond acceptors (Lipinski definition) is 2. The number of rotatable bonds is 3. The Morgan fingerprint density at radius 2 is 1.78 bits per heavy atom. The third-order valence-corrected chi connectivity index (χ3v) is 1.40. The first-order valence-electron chi connectivity index (χ1n) is 3.22. The van der Waals surface area contributed by atoms with Gasteiger partial charge in [0, 0.05) is 0 Å². The van der Waals surface area contributed by atoms with E-state index >= 15 is 0 Å². The summed E-state index contributed by atoms with van der Waals surface area (Å²) in [5, 5.41) is 0. The molecule has 0 aromatic heterocycles. The summed E-state index contributed by atoms with van der Waals surface area (Å²) in [5.74, 6) is 1.33. The van der Waals surface area contributed by atoms with Crippen molar-refractivity contribution in [3.63, 3.8) is 0 Å². The van der Waals surface area contributed by atoms with E-state index in [1.807, 2.05) is 24.1 Å². The highest BCUT2D eigenvalue weighted by molar-refractivity contribution is 8.19. The maximum atomic E-state index is 2.22. The molecule has 3 heteroatoms. The van der Waals surface area contributed by atoms with Crippen molar-refractivity contribution >= 4 is 30.5 Å². The summed E-state index contributed by atoms with van der Waals surface area (Å²) < 4.78 is 0. The van der Waals surface area contributed by atoms with Crippen LogP contribution in [-0.4, -0.2) is 25.4 Å². The summed E-state index contributed by atoms with van der Waals surface area (Å²) in [6.45, 7) is 2.22. The van der Waals surface area contributed by atoms with Gasteiger partial charge in [0.1, 0.15) is 0 Å². The summed E-state index contributed by atoms with van der Waals surface area (Å²) in [6, 6.07) is 0. The second-order valence-corrected chi connectivity index (χ2v) is 3.56. The molecule has 0 bridgehead atoms. The fourth-order valence-electron chi connectivity index (χ4n) is 0.289. The highest BCUT2D eigenvalue weighted by atomic mass is 32.2. The topological polar surface area (TPSA) is 0 Å². The van der Waals surface area contributed by atoms with Crippen LogP contribution in [0.3, 0.4) is 0 Å². The van der Waals surface area contributed by atoms with Crippen LogP contribution in [-0.2, 0) is 0 Å². The number of hydrogen-bond donors (Lipinski definition) is 0. The Bertz CT molecular complexity index is 30.2. The van der Waals surface area contributed by atoms with Crippen molar-refractivity contribution in [1.82, 2.24) is 0 Å². The lowest BCUT2D eigenvalue weighted by atomic mass is 10.4.